The number of hydrogen-bond acceptors (Lipinski definition) is 7. The number of carbonyl (C=O) groups excluding carboxylic acids is 1. The highest BCUT2D eigenvalue weighted by Gasteiger charge is 2.28. The van der Waals surface area contributed by atoms with Gasteiger partial charge in [0.2, 0.25) is 5.95 Å². The van der Waals surface area contributed by atoms with Crippen molar-refractivity contribution in [3.05, 3.63) is 59.8 Å². The number of methoxy groups -OCH3 is 2. The standard InChI is InChI=1S/C23H24N4O3/c1-14-10-19-21(20(28)11-14)22(24-15-6-4-8-17(12-15)29-2)27-23(26-19)25-16-7-5-9-18(13-16)30-3/h4-9,12-14H,10-11H2,1-3H3,(H2,24,25,26,27). The number of nitrogens with one attached hydrogen (secondary N) is 2. The van der Waals surface area contributed by atoms with Gasteiger partial charge in [-0.1, -0.05) is 19.1 Å². The average molecular weight is 404 g/mol. The molecular weight excluding hydrogens is 380 g/mol. The Kier molecular flexibility index (Phi) is 5.52. The molecular formula is C23H24N4O3. The summed E-state index contributed by atoms with van der Waals surface area (Å²) in [7, 11) is 3.24. The molecule has 0 bridgehead atoms. The monoisotopic (exact) mass is 404 g/mol. The van der Waals surface area contributed by atoms with Crippen LogP contribution in [0.2, 0.25) is 0 Å². The summed E-state index contributed by atoms with van der Waals surface area (Å²) in [5.74, 6) is 2.68. The zero-order chi connectivity index (χ0) is 21.1. The highest BCUT2D eigenvalue weighted by molar-refractivity contribution is 6.03. The van der Waals surface area contributed by atoms with Crippen LogP contribution < -0.4 is 20.1 Å². The van der Waals surface area contributed by atoms with Gasteiger partial charge in [0.05, 0.1) is 25.5 Å². The Bertz CT molecular complexity index is 1080. The van der Waals surface area contributed by atoms with Gasteiger partial charge in [0, 0.05) is 29.9 Å². The smallest absolute Gasteiger partial charge is 0.229 e. The molecule has 0 saturated heterocycles. The zero-order valence-electron chi connectivity index (χ0n) is 17.2. The molecule has 1 unspecified atom stereocenters. The van der Waals surface area contributed by atoms with Crippen LogP contribution in [0.4, 0.5) is 23.1 Å². The van der Waals surface area contributed by atoms with Crippen LogP contribution in [0.15, 0.2) is 48.5 Å². The van der Waals surface area contributed by atoms with Crippen molar-refractivity contribution in [1.29, 1.82) is 0 Å². The third-order valence-corrected chi connectivity index (χ3v) is 5.00. The molecule has 154 valence electrons. The molecule has 7 heteroatoms. The average Bonchev–Trinajstić information content (AvgIpc) is 2.73. The first-order valence-electron chi connectivity index (χ1n) is 9.82. The molecule has 0 saturated carbocycles. The van der Waals surface area contributed by atoms with Gasteiger partial charge in [-0.05, 0) is 36.6 Å². The maximum absolute atomic E-state index is 12.8. The molecule has 2 aromatic carbocycles. The van der Waals surface area contributed by atoms with Crippen LogP contribution >= 0.6 is 0 Å². The van der Waals surface area contributed by atoms with E-state index in [2.05, 4.69) is 27.5 Å². The minimum atomic E-state index is 0.0575. The van der Waals surface area contributed by atoms with Crippen LogP contribution in [0.25, 0.3) is 0 Å². The Labute approximate surface area is 175 Å². The van der Waals surface area contributed by atoms with E-state index in [1.807, 2.05) is 48.5 Å². The largest absolute Gasteiger partial charge is 0.497 e. The molecule has 1 aliphatic carbocycles. The lowest BCUT2D eigenvalue weighted by Crippen LogP contribution is -2.22. The van der Waals surface area contributed by atoms with E-state index in [4.69, 9.17) is 9.47 Å². The van der Waals surface area contributed by atoms with E-state index in [9.17, 15) is 4.79 Å². The van der Waals surface area contributed by atoms with E-state index in [1.165, 1.54) is 0 Å². The first kappa shape index (κ1) is 19.7. The lowest BCUT2D eigenvalue weighted by atomic mass is 9.87. The molecule has 1 aromatic heterocycles. The predicted molar refractivity (Wildman–Crippen MR) is 116 cm³/mol. The number of rotatable bonds is 6. The van der Waals surface area contributed by atoms with Crippen molar-refractivity contribution < 1.29 is 14.3 Å². The lowest BCUT2D eigenvalue weighted by molar-refractivity contribution is 0.0953. The van der Waals surface area contributed by atoms with Crippen molar-refractivity contribution in [3.63, 3.8) is 0 Å². The van der Waals surface area contributed by atoms with Gasteiger partial charge in [0.1, 0.15) is 17.3 Å². The van der Waals surface area contributed by atoms with E-state index < -0.39 is 0 Å². The van der Waals surface area contributed by atoms with Crippen LogP contribution in [-0.2, 0) is 6.42 Å². The minimum Gasteiger partial charge on any atom is -0.497 e. The normalized spacial score (nSPS) is 15.3. The first-order chi connectivity index (χ1) is 14.6. The molecule has 30 heavy (non-hydrogen) atoms. The predicted octanol–water partition coefficient (Wildman–Crippen LogP) is 4.75. The van der Waals surface area contributed by atoms with Crippen molar-refractivity contribution in [1.82, 2.24) is 9.97 Å². The lowest BCUT2D eigenvalue weighted by Gasteiger charge is -2.23. The second-order valence-electron chi connectivity index (χ2n) is 7.37. The molecule has 0 fully saturated rings. The molecule has 7 nitrogen and oxygen atoms in total. The van der Waals surface area contributed by atoms with E-state index >= 15 is 0 Å². The molecule has 2 N–H and O–H groups in total. The highest BCUT2D eigenvalue weighted by atomic mass is 16.5. The quantitative estimate of drug-likeness (QED) is 0.613. The summed E-state index contributed by atoms with van der Waals surface area (Å²) in [5.41, 5.74) is 2.91. The fraction of sp³-hybridized carbons (Fsp3) is 0.261. The summed E-state index contributed by atoms with van der Waals surface area (Å²) in [6.07, 6.45) is 1.22. The van der Waals surface area contributed by atoms with Gasteiger partial charge in [-0.25, -0.2) is 4.98 Å². The second-order valence-corrected chi connectivity index (χ2v) is 7.37. The molecule has 0 aliphatic heterocycles. The Morgan fingerprint density at radius 1 is 0.900 bits per heavy atom. The third kappa shape index (κ3) is 4.20. The molecule has 0 amide bonds. The van der Waals surface area contributed by atoms with Crippen LogP contribution in [0, 0.1) is 5.92 Å². The summed E-state index contributed by atoms with van der Waals surface area (Å²) in [6.45, 7) is 2.06. The topological polar surface area (TPSA) is 85.4 Å². The fourth-order valence-electron chi connectivity index (χ4n) is 3.58. The number of aromatic nitrogens is 2. The number of ketones is 1. The van der Waals surface area contributed by atoms with Crippen LogP contribution in [0.3, 0.4) is 0 Å². The van der Waals surface area contributed by atoms with E-state index in [0.717, 1.165) is 35.0 Å². The number of anilines is 4. The molecule has 1 heterocycles. The van der Waals surface area contributed by atoms with Crippen LogP contribution in [-0.4, -0.2) is 30.0 Å². The number of fused-ring (bicyclic) bond motifs is 1. The van der Waals surface area contributed by atoms with E-state index in [1.54, 1.807) is 14.2 Å². The number of benzene rings is 2. The maximum atomic E-state index is 12.8. The van der Waals surface area contributed by atoms with E-state index in [0.29, 0.717) is 23.8 Å². The Morgan fingerprint density at radius 3 is 2.17 bits per heavy atom. The van der Waals surface area contributed by atoms with Gasteiger partial charge >= 0.3 is 0 Å². The zero-order valence-corrected chi connectivity index (χ0v) is 17.2. The summed E-state index contributed by atoms with van der Waals surface area (Å²) < 4.78 is 10.6. The number of nitrogens with zero attached hydrogens (tertiary/aromatic N) is 2. The molecule has 0 radical (unpaired) electrons. The van der Waals surface area contributed by atoms with Crippen molar-refractivity contribution in [2.75, 3.05) is 24.9 Å². The van der Waals surface area contributed by atoms with Crippen LogP contribution in [0.5, 0.6) is 11.5 Å². The molecule has 0 spiro atoms. The van der Waals surface area contributed by atoms with Crippen molar-refractivity contribution >= 4 is 28.9 Å². The molecule has 1 aliphatic rings. The number of Topliss-reactive ketones (excluding diaryl/α,β-unsaturated/α-hetero) is 1. The molecule has 3 aromatic rings. The van der Waals surface area contributed by atoms with Gasteiger partial charge < -0.3 is 20.1 Å². The van der Waals surface area contributed by atoms with Crippen molar-refractivity contribution in [2.45, 2.75) is 19.8 Å². The van der Waals surface area contributed by atoms with Gasteiger partial charge in [0.15, 0.2) is 5.78 Å². The summed E-state index contributed by atoms with van der Waals surface area (Å²) >= 11 is 0. The first-order valence-corrected chi connectivity index (χ1v) is 9.82. The fourth-order valence-corrected chi connectivity index (χ4v) is 3.58. The van der Waals surface area contributed by atoms with Gasteiger partial charge in [-0.3, -0.25) is 4.79 Å². The van der Waals surface area contributed by atoms with Gasteiger partial charge in [0.25, 0.3) is 0 Å². The Hall–Kier alpha value is -3.61. The summed E-state index contributed by atoms with van der Waals surface area (Å²) in [6, 6.07) is 15.1. The van der Waals surface area contributed by atoms with Crippen LogP contribution in [0.1, 0.15) is 29.4 Å². The van der Waals surface area contributed by atoms with Crippen molar-refractivity contribution in [2.24, 2.45) is 5.92 Å². The van der Waals surface area contributed by atoms with Gasteiger partial charge in [-0.2, -0.15) is 4.98 Å². The summed E-state index contributed by atoms with van der Waals surface area (Å²) in [5, 5.41) is 6.51. The van der Waals surface area contributed by atoms with Crippen molar-refractivity contribution in [3.8, 4) is 11.5 Å². The SMILES string of the molecule is COc1cccc(Nc2nc3c(c(Nc4cccc(OC)c4)n2)C(=O)CC(C)C3)c1. The summed E-state index contributed by atoms with van der Waals surface area (Å²) in [4.78, 5) is 22.1. The minimum absolute atomic E-state index is 0.0575. The van der Waals surface area contributed by atoms with E-state index in [-0.39, 0.29) is 11.7 Å². The van der Waals surface area contributed by atoms with Gasteiger partial charge in [-0.15, -0.1) is 0 Å². The second kappa shape index (κ2) is 8.41. The number of hydrogen-bond donors (Lipinski definition) is 2. The highest BCUT2D eigenvalue weighted by Crippen LogP contribution is 2.32. The molecule has 4 rings (SSSR count). The molecule has 1 atom stereocenters. The third-order valence-electron chi connectivity index (χ3n) is 5.00. The Morgan fingerprint density at radius 2 is 1.53 bits per heavy atom. The maximum Gasteiger partial charge on any atom is 0.229 e. The number of carbonyl (C=O) groups is 1. The Balaban J connectivity index is 1.74. The number of ether oxygens (including phenoxy) is 2.